The molecule has 1 amide bonds. The summed E-state index contributed by atoms with van der Waals surface area (Å²) in [6.07, 6.45) is 1.83. The van der Waals surface area contributed by atoms with Crippen LogP contribution in [0.2, 0.25) is 0 Å². The predicted molar refractivity (Wildman–Crippen MR) is 126 cm³/mol. The molecule has 1 fully saturated rings. The summed E-state index contributed by atoms with van der Waals surface area (Å²) in [5.74, 6) is 0.360. The number of carbonyl (C=O) groups is 1. The topological polar surface area (TPSA) is 108 Å². The van der Waals surface area contributed by atoms with Crippen LogP contribution in [0.15, 0.2) is 30.3 Å². The molecule has 3 N–H and O–H groups in total. The van der Waals surface area contributed by atoms with Crippen molar-refractivity contribution in [3.8, 4) is 28.5 Å². The third kappa shape index (κ3) is 3.68. The van der Waals surface area contributed by atoms with Crippen molar-refractivity contribution in [3.63, 3.8) is 0 Å². The number of H-pyrrole nitrogens is 1. The standard InChI is InChI=1S/C26H29N3O5/c1-4-33-20-12-16(7-8-18(20)30)25-22-23(21-15(3)10-14(2)11-19(21)31)27-28-24(22)26(32)29(25)13-17-6-5-9-34-17/h7-8,10-12,17,25,30-31H,4-6,9,13H2,1-3H3,(H,27,28). The Morgan fingerprint density at radius 1 is 1.21 bits per heavy atom. The Morgan fingerprint density at radius 2 is 2.03 bits per heavy atom. The number of nitrogens with zero attached hydrogens (tertiary/aromatic N) is 2. The molecule has 2 atom stereocenters. The van der Waals surface area contributed by atoms with Gasteiger partial charge in [0.05, 0.1) is 18.8 Å². The normalized spacial score (nSPS) is 19.6. The SMILES string of the molecule is CCOc1cc(C2c3c(-c4c(C)cc(C)cc4O)n[nH]c3C(=O)N2CC2CCCO2)ccc1O. The van der Waals surface area contributed by atoms with Crippen LogP contribution in [0.4, 0.5) is 0 Å². The van der Waals surface area contributed by atoms with E-state index in [-0.39, 0.29) is 23.5 Å². The molecule has 0 radical (unpaired) electrons. The molecule has 0 aliphatic carbocycles. The summed E-state index contributed by atoms with van der Waals surface area (Å²) >= 11 is 0. The van der Waals surface area contributed by atoms with Gasteiger partial charge in [0.15, 0.2) is 11.5 Å². The van der Waals surface area contributed by atoms with Crippen molar-refractivity contribution >= 4 is 5.91 Å². The number of amides is 1. The van der Waals surface area contributed by atoms with E-state index in [1.54, 1.807) is 29.2 Å². The molecule has 8 heteroatoms. The number of aromatic nitrogens is 2. The van der Waals surface area contributed by atoms with Gasteiger partial charge in [-0.3, -0.25) is 9.89 Å². The van der Waals surface area contributed by atoms with E-state index in [4.69, 9.17) is 9.47 Å². The van der Waals surface area contributed by atoms with Crippen LogP contribution in [0.25, 0.3) is 11.3 Å². The highest BCUT2D eigenvalue weighted by Crippen LogP contribution is 2.47. The monoisotopic (exact) mass is 463 g/mol. The van der Waals surface area contributed by atoms with Crippen molar-refractivity contribution in [1.29, 1.82) is 0 Å². The molecule has 0 bridgehead atoms. The number of benzene rings is 2. The lowest BCUT2D eigenvalue weighted by Gasteiger charge is -2.29. The Morgan fingerprint density at radius 3 is 2.74 bits per heavy atom. The van der Waals surface area contributed by atoms with E-state index < -0.39 is 6.04 Å². The van der Waals surface area contributed by atoms with Crippen LogP contribution in [0.5, 0.6) is 17.2 Å². The van der Waals surface area contributed by atoms with Crippen LogP contribution in [-0.2, 0) is 4.74 Å². The van der Waals surface area contributed by atoms with E-state index in [0.29, 0.717) is 48.0 Å². The van der Waals surface area contributed by atoms with E-state index in [0.717, 1.165) is 29.5 Å². The van der Waals surface area contributed by atoms with E-state index in [9.17, 15) is 15.0 Å². The second-order valence-electron chi connectivity index (χ2n) is 8.99. The average molecular weight is 464 g/mol. The van der Waals surface area contributed by atoms with Gasteiger partial charge in [-0.1, -0.05) is 12.1 Å². The van der Waals surface area contributed by atoms with Gasteiger partial charge >= 0.3 is 0 Å². The molecule has 3 aromatic rings. The highest BCUT2D eigenvalue weighted by Gasteiger charge is 2.44. The van der Waals surface area contributed by atoms with Gasteiger partial charge in [0.25, 0.3) is 5.91 Å². The van der Waals surface area contributed by atoms with Crippen molar-refractivity contribution < 1.29 is 24.5 Å². The van der Waals surface area contributed by atoms with E-state index in [1.165, 1.54) is 0 Å². The number of aromatic amines is 1. The molecular formula is C26H29N3O5. The molecule has 178 valence electrons. The summed E-state index contributed by atoms with van der Waals surface area (Å²) in [4.78, 5) is 15.4. The highest BCUT2D eigenvalue weighted by atomic mass is 16.5. The lowest BCUT2D eigenvalue weighted by Crippen LogP contribution is -2.36. The van der Waals surface area contributed by atoms with Crippen LogP contribution >= 0.6 is 0 Å². The molecule has 3 heterocycles. The summed E-state index contributed by atoms with van der Waals surface area (Å²) in [6, 6.07) is 8.37. The minimum Gasteiger partial charge on any atom is -0.507 e. The summed E-state index contributed by atoms with van der Waals surface area (Å²) in [5.41, 5.74) is 4.86. The number of rotatable bonds is 6. The maximum Gasteiger partial charge on any atom is 0.273 e. The zero-order chi connectivity index (χ0) is 24.0. The third-order valence-electron chi connectivity index (χ3n) is 6.58. The Kier molecular flexibility index (Phi) is 5.69. The van der Waals surface area contributed by atoms with Crippen molar-refractivity contribution in [2.45, 2.75) is 45.8 Å². The molecule has 2 aromatic carbocycles. The molecule has 2 aliphatic rings. The second kappa shape index (κ2) is 8.68. The van der Waals surface area contributed by atoms with Crippen LogP contribution < -0.4 is 4.74 Å². The van der Waals surface area contributed by atoms with Crippen LogP contribution in [0.1, 0.15) is 58.5 Å². The minimum absolute atomic E-state index is 0.0372. The Bertz CT molecular complexity index is 1220. The molecule has 5 rings (SSSR count). The number of aromatic hydroxyl groups is 2. The van der Waals surface area contributed by atoms with Crippen LogP contribution in [0.3, 0.4) is 0 Å². The van der Waals surface area contributed by atoms with Gasteiger partial charge < -0.3 is 24.6 Å². The Balaban J connectivity index is 1.67. The molecule has 0 saturated carbocycles. The maximum atomic E-state index is 13.6. The Labute approximate surface area is 198 Å². The first-order valence-electron chi connectivity index (χ1n) is 11.7. The fraction of sp³-hybridized carbons (Fsp3) is 0.385. The lowest BCUT2D eigenvalue weighted by atomic mass is 9.93. The number of fused-ring (bicyclic) bond motifs is 1. The zero-order valence-corrected chi connectivity index (χ0v) is 19.6. The van der Waals surface area contributed by atoms with Gasteiger partial charge in [0.2, 0.25) is 0 Å². The minimum atomic E-state index is -0.472. The van der Waals surface area contributed by atoms with Crippen molar-refractivity contribution in [3.05, 3.63) is 58.3 Å². The number of aryl methyl sites for hydroxylation is 2. The number of phenolic OH excluding ortho intramolecular Hbond substituents is 2. The average Bonchev–Trinajstić information content (AvgIpc) is 3.50. The van der Waals surface area contributed by atoms with Gasteiger partial charge in [0.1, 0.15) is 17.1 Å². The first-order valence-corrected chi connectivity index (χ1v) is 11.7. The summed E-state index contributed by atoms with van der Waals surface area (Å²) in [6.45, 7) is 7.23. The van der Waals surface area contributed by atoms with Gasteiger partial charge in [-0.25, -0.2) is 0 Å². The molecule has 0 spiro atoms. The third-order valence-corrected chi connectivity index (χ3v) is 6.58. The Hall–Kier alpha value is -3.52. The largest absolute Gasteiger partial charge is 0.507 e. The molecule has 34 heavy (non-hydrogen) atoms. The van der Waals surface area contributed by atoms with Crippen LogP contribution in [0, 0.1) is 13.8 Å². The maximum absolute atomic E-state index is 13.6. The number of hydrogen-bond acceptors (Lipinski definition) is 6. The fourth-order valence-electron chi connectivity index (χ4n) is 5.15. The van der Waals surface area contributed by atoms with E-state index >= 15 is 0 Å². The molecule has 2 unspecified atom stereocenters. The molecule has 8 nitrogen and oxygen atoms in total. The van der Waals surface area contributed by atoms with Gasteiger partial charge in [-0.15, -0.1) is 0 Å². The number of hydrogen-bond donors (Lipinski definition) is 3. The quantitative estimate of drug-likeness (QED) is 0.505. The van der Waals surface area contributed by atoms with Crippen molar-refractivity contribution in [2.24, 2.45) is 0 Å². The molecular weight excluding hydrogens is 434 g/mol. The van der Waals surface area contributed by atoms with Gasteiger partial charge in [-0.05, 0) is 68.5 Å². The fourth-order valence-corrected chi connectivity index (χ4v) is 5.15. The lowest BCUT2D eigenvalue weighted by molar-refractivity contribution is 0.0495. The first kappa shape index (κ1) is 22.3. The summed E-state index contributed by atoms with van der Waals surface area (Å²) in [7, 11) is 0. The molecule has 1 saturated heterocycles. The number of phenols is 2. The molecule has 2 aliphatic heterocycles. The van der Waals surface area contributed by atoms with Crippen molar-refractivity contribution in [1.82, 2.24) is 15.1 Å². The van der Waals surface area contributed by atoms with E-state index in [1.807, 2.05) is 26.8 Å². The number of carbonyl (C=O) groups excluding carboxylic acids is 1. The van der Waals surface area contributed by atoms with E-state index in [2.05, 4.69) is 10.2 Å². The smallest absolute Gasteiger partial charge is 0.273 e. The molecule has 1 aromatic heterocycles. The highest BCUT2D eigenvalue weighted by molar-refractivity contribution is 6.00. The summed E-state index contributed by atoms with van der Waals surface area (Å²) < 4.78 is 11.5. The second-order valence-corrected chi connectivity index (χ2v) is 8.99. The number of ether oxygens (including phenoxy) is 2. The van der Waals surface area contributed by atoms with Crippen molar-refractivity contribution in [2.75, 3.05) is 19.8 Å². The first-order chi connectivity index (χ1) is 16.4. The predicted octanol–water partition coefficient (Wildman–Crippen LogP) is 4.23. The summed E-state index contributed by atoms with van der Waals surface area (Å²) in [5, 5.41) is 28.5. The zero-order valence-electron chi connectivity index (χ0n) is 19.6. The van der Waals surface area contributed by atoms with Gasteiger partial charge in [0, 0.05) is 24.3 Å². The van der Waals surface area contributed by atoms with Crippen LogP contribution in [-0.4, -0.2) is 57.1 Å². The number of nitrogens with one attached hydrogen (secondary N) is 1. The van der Waals surface area contributed by atoms with Gasteiger partial charge in [-0.2, -0.15) is 5.10 Å².